The SMILES string of the molecule is CCCOCC(NCC)c1cc(Br)c(Br)s1. The second-order valence-corrected chi connectivity index (χ2v) is 6.71. The zero-order valence-corrected chi connectivity index (χ0v) is 13.5. The molecular formula is C11H17Br2NOS. The van der Waals surface area contributed by atoms with Crippen molar-refractivity contribution in [2.75, 3.05) is 19.8 Å². The van der Waals surface area contributed by atoms with E-state index in [2.05, 4.69) is 57.1 Å². The van der Waals surface area contributed by atoms with E-state index in [9.17, 15) is 0 Å². The summed E-state index contributed by atoms with van der Waals surface area (Å²) in [6.45, 7) is 6.76. The van der Waals surface area contributed by atoms with Gasteiger partial charge in [-0.25, -0.2) is 0 Å². The predicted molar refractivity (Wildman–Crippen MR) is 77.2 cm³/mol. The lowest BCUT2D eigenvalue weighted by Gasteiger charge is -2.16. The minimum absolute atomic E-state index is 0.296. The van der Waals surface area contributed by atoms with Crippen LogP contribution in [0.1, 0.15) is 31.2 Å². The molecule has 0 aliphatic carbocycles. The van der Waals surface area contributed by atoms with Crippen molar-refractivity contribution < 1.29 is 4.74 Å². The summed E-state index contributed by atoms with van der Waals surface area (Å²) >= 11 is 8.78. The summed E-state index contributed by atoms with van der Waals surface area (Å²) in [5.41, 5.74) is 0. The van der Waals surface area contributed by atoms with Gasteiger partial charge >= 0.3 is 0 Å². The molecule has 0 fully saturated rings. The molecule has 0 spiro atoms. The Labute approximate surface area is 118 Å². The molecule has 0 bridgehead atoms. The van der Waals surface area contributed by atoms with Gasteiger partial charge in [-0.3, -0.25) is 0 Å². The zero-order chi connectivity index (χ0) is 12.0. The summed E-state index contributed by atoms with van der Waals surface area (Å²) in [5, 5.41) is 3.44. The average molecular weight is 371 g/mol. The molecule has 92 valence electrons. The molecule has 0 aliphatic heterocycles. The van der Waals surface area contributed by atoms with Crippen molar-refractivity contribution in [3.8, 4) is 0 Å². The molecule has 1 unspecified atom stereocenters. The maximum absolute atomic E-state index is 5.61. The van der Waals surface area contributed by atoms with Crippen LogP contribution in [0, 0.1) is 0 Å². The van der Waals surface area contributed by atoms with Gasteiger partial charge in [0.2, 0.25) is 0 Å². The highest BCUT2D eigenvalue weighted by Gasteiger charge is 2.14. The average Bonchev–Trinajstić information content (AvgIpc) is 2.58. The third kappa shape index (κ3) is 4.45. The molecule has 5 heteroatoms. The smallest absolute Gasteiger partial charge is 0.0843 e. The van der Waals surface area contributed by atoms with Crippen LogP contribution in [0.5, 0.6) is 0 Å². The van der Waals surface area contributed by atoms with Crippen LogP contribution in [0.3, 0.4) is 0 Å². The molecule has 1 rings (SSSR count). The minimum atomic E-state index is 0.296. The van der Waals surface area contributed by atoms with Crippen molar-refractivity contribution in [2.24, 2.45) is 0 Å². The van der Waals surface area contributed by atoms with Crippen molar-refractivity contribution in [3.05, 3.63) is 19.2 Å². The van der Waals surface area contributed by atoms with E-state index >= 15 is 0 Å². The molecule has 1 atom stereocenters. The Morgan fingerprint density at radius 3 is 2.69 bits per heavy atom. The highest BCUT2D eigenvalue weighted by atomic mass is 79.9. The summed E-state index contributed by atoms with van der Waals surface area (Å²) in [6.07, 6.45) is 1.07. The van der Waals surface area contributed by atoms with Gasteiger partial charge in [-0.15, -0.1) is 11.3 Å². The molecule has 0 saturated heterocycles. The van der Waals surface area contributed by atoms with E-state index in [-0.39, 0.29) is 0 Å². The van der Waals surface area contributed by atoms with E-state index in [1.54, 1.807) is 11.3 Å². The molecule has 0 aromatic carbocycles. The Bertz CT molecular complexity index is 297. The third-order valence-electron chi connectivity index (χ3n) is 2.09. The molecular weight excluding hydrogens is 354 g/mol. The van der Waals surface area contributed by atoms with Crippen LogP contribution >= 0.6 is 43.2 Å². The van der Waals surface area contributed by atoms with Gasteiger partial charge in [0.1, 0.15) is 0 Å². The fourth-order valence-corrected chi connectivity index (χ4v) is 3.52. The summed E-state index contributed by atoms with van der Waals surface area (Å²) in [4.78, 5) is 1.30. The Morgan fingerprint density at radius 2 is 2.19 bits per heavy atom. The summed E-state index contributed by atoms with van der Waals surface area (Å²) < 4.78 is 7.87. The van der Waals surface area contributed by atoms with Gasteiger partial charge < -0.3 is 10.1 Å². The Hall–Kier alpha value is 0.580. The summed E-state index contributed by atoms with van der Waals surface area (Å²) in [7, 11) is 0. The standard InChI is InChI=1S/C11H17Br2NOS/c1-3-5-15-7-9(14-4-2)10-6-8(12)11(13)16-10/h6,9,14H,3-5,7H2,1-2H3. The molecule has 0 radical (unpaired) electrons. The Morgan fingerprint density at radius 1 is 1.44 bits per heavy atom. The Kier molecular flexibility index (Phi) is 7.16. The van der Waals surface area contributed by atoms with Crippen LogP contribution in [-0.2, 0) is 4.74 Å². The quantitative estimate of drug-likeness (QED) is 0.720. The fraction of sp³-hybridized carbons (Fsp3) is 0.636. The normalized spacial score (nSPS) is 13.0. The number of thiophene rings is 1. The van der Waals surface area contributed by atoms with Gasteiger partial charge in [0.25, 0.3) is 0 Å². The molecule has 0 aliphatic rings. The van der Waals surface area contributed by atoms with Crippen LogP contribution < -0.4 is 5.32 Å². The van der Waals surface area contributed by atoms with Crippen molar-refractivity contribution in [2.45, 2.75) is 26.3 Å². The van der Waals surface area contributed by atoms with E-state index in [0.717, 1.165) is 34.4 Å². The number of rotatable bonds is 7. The highest BCUT2D eigenvalue weighted by Crippen LogP contribution is 2.35. The van der Waals surface area contributed by atoms with Gasteiger partial charge in [0.05, 0.1) is 16.4 Å². The highest BCUT2D eigenvalue weighted by molar-refractivity contribution is 9.13. The summed E-state index contributed by atoms with van der Waals surface area (Å²) in [6, 6.07) is 2.45. The number of likely N-dealkylation sites (N-methyl/N-ethyl adjacent to an activating group) is 1. The third-order valence-corrected chi connectivity index (χ3v) is 5.46. The largest absolute Gasteiger partial charge is 0.379 e. The molecule has 1 aromatic heterocycles. The molecule has 1 aromatic rings. The topological polar surface area (TPSA) is 21.3 Å². The second kappa shape index (κ2) is 7.82. The van der Waals surface area contributed by atoms with Crippen molar-refractivity contribution >= 4 is 43.2 Å². The van der Waals surface area contributed by atoms with E-state index in [1.165, 1.54) is 4.88 Å². The van der Waals surface area contributed by atoms with Gasteiger partial charge in [0, 0.05) is 16.0 Å². The number of nitrogens with one attached hydrogen (secondary N) is 1. The zero-order valence-electron chi connectivity index (χ0n) is 9.56. The van der Waals surface area contributed by atoms with Crippen molar-refractivity contribution in [3.63, 3.8) is 0 Å². The lowest BCUT2D eigenvalue weighted by molar-refractivity contribution is 0.113. The first-order chi connectivity index (χ1) is 7.69. The number of hydrogen-bond acceptors (Lipinski definition) is 3. The predicted octanol–water partition coefficient (Wildman–Crippen LogP) is 4.35. The first-order valence-electron chi connectivity index (χ1n) is 5.44. The lowest BCUT2D eigenvalue weighted by Crippen LogP contribution is -2.24. The molecule has 2 nitrogen and oxygen atoms in total. The molecule has 0 saturated carbocycles. The number of ether oxygens (including phenoxy) is 1. The van der Waals surface area contributed by atoms with Crippen molar-refractivity contribution in [1.82, 2.24) is 5.32 Å². The maximum atomic E-state index is 5.61. The minimum Gasteiger partial charge on any atom is -0.379 e. The number of halogens is 2. The molecule has 1 heterocycles. The summed E-state index contributed by atoms with van der Waals surface area (Å²) in [5.74, 6) is 0. The van der Waals surface area contributed by atoms with Crippen LogP contribution in [0.15, 0.2) is 14.3 Å². The van der Waals surface area contributed by atoms with E-state index in [4.69, 9.17) is 4.74 Å². The van der Waals surface area contributed by atoms with Gasteiger partial charge in [-0.1, -0.05) is 13.8 Å². The molecule has 0 amide bonds. The van der Waals surface area contributed by atoms with E-state index in [1.807, 2.05) is 0 Å². The van der Waals surface area contributed by atoms with Gasteiger partial charge in [-0.2, -0.15) is 0 Å². The Balaban J connectivity index is 2.61. The van der Waals surface area contributed by atoms with Crippen LogP contribution in [0.2, 0.25) is 0 Å². The van der Waals surface area contributed by atoms with Crippen LogP contribution in [-0.4, -0.2) is 19.8 Å². The van der Waals surface area contributed by atoms with Gasteiger partial charge in [-0.05, 0) is 50.9 Å². The first kappa shape index (κ1) is 14.6. The molecule has 1 N–H and O–H groups in total. The number of hydrogen-bond donors (Lipinski definition) is 1. The monoisotopic (exact) mass is 369 g/mol. The van der Waals surface area contributed by atoms with E-state index in [0.29, 0.717) is 6.04 Å². The van der Waals surface area contributed by atoms with Crippen molar-refractivity contribution in [1.29, 1.82) is 0 Å². The van der Waals surface area contributed by atoms with Crippen LogP contribution in [0.4, 0.5) is 0 Å². The first-order valence-corrected chi connectivity index (χ1v) is 7.85. The maximum Gasteiger partial charge on any atom is 0.0843 e. The van der Waals surface area contributed by atoms with Gasteiger partial charge in [0.15, 0.2) is 0 Å². The van der Waals surface area contributed by atoms with E-state index < -0.39 is 0 Å². The second-order valence-electron chi connectivity index (χ2n) is 3.46. The lowest BCUT2D eigenvalue weighted by atomic mass is 10.2. The molecule has 16 heavy (non-hydrogen) atoms. The fourth-order valence-electron chi connectivity index (χ4n) is 1.37. The van der Waals surface area contributed by atoms with Crippen LogP contribution in [0.25, 0.3) is 0 Å².